The van der Waals surface area contributed by atoms with Gasteiger partial charge in [0.1, 0.15) is 6.33 Å². The number of nitro benzene ring substituents is 1. The molecule has 1 fully saturated rings. The summed E-state index contributed by atoms with van der Waals surface area (Å²) >= 11 is 0. The van der Waals surface area contributed by atoms with Gasteiger partial charge >= 0.3 is 5.69 Å². The highest BCUT2D eigenvalue weighted by molar-refractivity contribution is 5.81. The summed E-state index contributed by atoms with van der Waals surface area (Å²) in [5.74, 6) is -0.524. The molecule has 1 aliphatic rings. The summed E-state index contributed by atoms with van der Waals surface area (Å²) in [4.78, 5) is 41.0. The second-order valence-corrected chi connectivity index (χ2v) is 6.58. The third-order valence-corrected chi connectivity index (χ3v) is 4.53. The van der Waals surface area contributed by atoms with E-state index >= 15 is 0 Å². The van der Waals surface area contributed by atoms with Gasteiger partial charge < -0.3 is 5.32 Å². The lowest BCUT2D eigenvalue weighted by Gasteiger charge is -2.14. The standard InChI is InChI=1S/C17H19N7O5/c25-14(9-11-5-7-13(8-6-11)23(26)27)21-22-17-15(24(28)29)16(18-10-19-17)20-12-3-1-2-4-12/h5-8,10,12H,1-4,9H2,(H,21,25)(H2,18,19,20,22). The molecule has 1 aliphatic carbocycles. The van der Waals surface area contributed by atoms with Gasteiger partial charge in [0.2, 0.25) is 17.5 Å². The zero-order valence-corrected chi connectivity index (χ0v) is 15.3. The van der Waals surface area contributed by atoms with Crippen molar-refractivity contribution in [3.63, 3.8) is 0 Å². The van der Waals surface area contributed by atoms with Crippen LogP contribution in [0.3, 0.4) is 0 Å². The first-order valence-electron chi connectivity index (χ1n) is 8.98. The Morgan fingerprint density at radius 2 is 1.69 bits per heavy atom. The topological polar surface area (TPSA) is 165 Å². The van der Waals surface area contributed by atoms with Gasteiger partial charge in [-0.05, 0) is 18.4 Å². The molecule has 0 unspecified atom stereocenters. The molecule has 0 aliphatic heterocycles. The smallest absolute Gasteiger partial charge is 0.354 e. The number of carbonyl (C=O) groups is 1. The van der Waals surface area contributed by atoms with E-state index in [1.807, 2.05) is 0 Å². The highest BCUT2D eigenvalue weighted by Crippen LogP contribution is 2.31. The number of hydrogen-bond donors (Lipinski definition) is 3. The van der Waals surface area contributed by atoms with Crippen molar-refractivity contribution in [2.24, 2.45) is 0 Å². The van der Waals surface area contributed by atoms with Crippen molar-refractivity contribution < 1.29 is 14.6 Å². The molecular weight excluding hydrogens is 382 g/mol. The minimum Gasteiger partial charge on any atom is -0.361 e. The molecule has 1 aromatic carbocycles. The van der Waals surface area contributed by atoms with Gasteiger partial charge in [0.05, 0.1) is 16.3 Å². The summed E-state index contributed by atoms with van der Waals surface area (Å²) in [5.41, 5.74) is 4.95. The van der Waals surface area contributed by atoms with E-state index in [1.165, 1.54) is 30.6 Å². The Morgan fingerprint density at radius 1 is 1.03 bits per heavy atom. The Kier molecular flexibility index (Phi) is 6.12. The Labute approximate surface area is 165 Å². The van der Waals surface area contributed by atoms with Gasteiger partial charge in [0, 0.05) is 18.2 Å². The maximum Gasteiger partial charge on any atom is 0.354 e. The highest BCUT2D eigenvalue weighted by atomic mass is 16.6. The van der Waals surface area contributed by atoms with Gasteiger partial charge in [-0.3, -0.25) is 35.9 Å². The second kappa shape index (κ2) is 8.91. The van der Waals surface area contributed by atoms with E-state index in [2.05, 4.69) is 26.1 Å². The zero-order valence-electron chi connectivity index (χ0n) is 15.3. The minimum absolute atomic E-state index is 0.0724. The van der Waals surface area contributed by atoms with Crippen LogP contribution in [0.1, 0.15) is 31.2 Å². The molecule has 3 N–H and O–H groups in total. The average Bonchev–Trinajstić information content (AvgIpc) is 3.19. The van der Waals surface area contributed by atoms with Crippen LogP contribution in [0, 0.1) is 20.2 Å². The molecule has 1 saturated carbocycles. The Morgan fingerprint density at radius 3 is 2.31 bits per heavy atom. The number of aromatic nitrogens is 2. The van der Waals surface area contributed by atoms with E-state index in [0.717, 1.165) is 25.7 Å². The highest BCUT2D eigenvalue weighted by Gasteiger charge is 2.26. The van der Waals surface area contributed by atoms with E-state index in [-0.39, 0.29) is 35.5 Å². The number of nitrogens with one attached hydrogen (secondary N) is 3. The number of non-ortho nitro benzene ring substituents is 1. The lowest BCUT2D eigenvalue weighted by atomic mass is 10.1. The molecule has 12 nitrogen and oxygen atoms in total. The molecule has 152 valence electrons. The normalized spacial score (nSPS) is 13.7. The Hall–Kier alpha value is -3.83. The Bertz CT molecular complexity index is 913. The van der Waals surface area contributed by atoms with E-state index in [1.54, 1.807) is 0 Å². The average molecular weight is 401 g/mol. The summed E-state index contributed by atoms with van der Waals surface area (Å²) in [7, 11) is 0. The van der Waals surface area contributed by atoms with Gasteiger partial charge in [-0.25, -0.2) is 9.97 Å². The molecule has 1 aromatic heterocycles. The molecule has 0 spiro atoms. The van der Waals surface area contributed by atoms with Crippen molar-refractivity contribution in [2.75, 3.05) is 10.7 Å². The first-order chi connectivity index (χ1) is 13.9. The van der Waals surface area contributed by atoms with Crippen LogP contribution in [0.5, 0.6) is 0 Å². The molecule has 0 radical (unpaired) electrons. The van der Waals surface area contributed by atoms with Crippen LogP contribution in [-0.2, 0) is 11.2 Å². The molecule has 0 atom stereocenters. The minimum atomic E-state index is -0.609. The summed E-state index contributed by atoms with van der Waals surface area (Å²) < 4.78 is 0. The van der Waals surface area contributed by atoms with Crippen LogP contribution in [0.4, 0.5) is 23.0 Å². The van der Waals surface area contributed by atoms with Crippen molar-refractivity contribution in [1.82, 2.24) is 15.4 Å². The number of benzene rings is 1. The summed E-state index contributed by atoms with van der Waals surface area (Å²) in [6.45, 7) is 0. The van der Waals surface area contributed by atoms with Gasteiger partial charge in [0.15, 0.2) is 0 Å². The van der Waals surface area contributed by atoms with Crippen LogP contribution in [-0.4, -0.2) is 31.8 Å². The predicted octanol–water partition coefficient (Wildman–Crippen LogP) is 2.33. The molecule has 0 saturated heterocycles. The summed E-state index contributed by atoms with van der Waals surface area (Å²) in [6, 6.07) is 5.65. The molecular formula is C17H19N7O5. The lowest BCUT2D eigenvalue weighted by molar-refractivity contribution is -0.384. The number of carbonyl (C=O) groups excluding carboxylic acids is 1. The maximum absolute atomic E-state index is 12.1. The van der Waals surface area contributed by atoms with Crippen LogP contribution in [0.15, 0.2) is 30.6 Å². The maximum atomic E-state index is 12.1. The van der Waals surface area contributed by atoms with Gasteiger partial charge in [-0.15, -0.1) is 0 Å². The molecule has 12 heteroatoms. The van der Waals surface area contributed by atoms with Crippen molar-refractivity contribution >= 4 is 28.9 Å². The molecule has 29 heavy (non-hydrogen) atoms. The fraction of sp³-hybridized carbons (Fsp3) is 0.353. The monoisotopic (exact) mass is 401 g/mol. The summed E-state index contributed by atoms with van der Waals surface area (Å²) in [6.07, 6.45) is 5.04. The van der Waals surface area contributed by atoms with Crippen molar-refractivity contribution in [3.05, 3.63) is 56.4 Å². The zero-order chi connectivity index (χ0) is 20.8. The molecule has 0 bridgehead atoms. The largest absolute Gasteiger partial charge is 0.361 e. The molecule has 1 heterocycles. The molecule has 3 rings (SSSR count). The van der Waals surface area contributed by atoms with Crippen LogP contribution in [0.2, 0.25) is 0 Å². The van der Waals surface area contributed by atoms with Crippen molar-refractivity contribution in [3.8, 4) is 0 Å². The number of rotatable bonds is 8. The van der Waals surface area contributed by atoms with Gasteiger partial charge in [0.25, 0.3) is 5.69 Å². The van der Waals surface area contributed by atoms with Crippen LogP contribution < -0.4 is 16.2 Å². The second-order valence-electron chi connectivity index (χ2n) is 6.58. The van der Waals surface area contributed by atoms with E-state index < -0.39 is 15.8 Å². The first-order valence-corrected chi connectivity index (χ1v) is 8.98. The Balaban J connectivity index is 1.65. The number of hydrogen-bond acceptors (Lipinski definition) is 9. The van der Waals surface area contributed by atoms with Gasteiger partial charge in [-0.1, -0.05) is 25.0 Å². The van der Waals surface area contributed by atoms with Crippen molar-refractivity contribution in [2.45, 2.75) is 38.1 Å². The van der Waals surface area contributed by atoms with Crippen LogP contribution >= 0.6 is 0 Å². The predicted molar refractivity (Wildman–Crippen MR) is 103 cm³/mol. The number of amides is 1. The lowest BCUT2D eigenvalue weighted by Crippen LogP contribution is -2.31. The van der Waals surface area contributed by atoms with Crippen molar-refractivity contribution in [1.29, 1.82) is 0 Å². The quantitative estimate of drug-likeness (QED) is 0.444. The third kappa shape index (κ3) is 5.12. The number of anilines is 2. The molecule has 1 amide bonds. The molecule has 2 aromatic rings. The van der Waals surface area contributed by atoms with E-state index in [4.69, 9.17) is 0 Å². The van der Waals surface area contributed by atoms with E-state index in [9.17, 15) is 25.0 Å². The fourth-order valence-corrected chi connectivity index (χ4v) is 3.11. The fourth-order valence-electron chi connectivity index (χ4n) is 3.11. The number of nitro groups is 2. The van der Waals surface area contributed by atoms with E-state index in [0.29, 0.717) is 5.56 Å². The third-order valence-electron chi connectivity index (χ3n) is 4.53. The SMILES string of the molecule is O=C(Cc1ccc([N+](=O)[O-])cc1)NNc1ncnc(NC2CCCC2)c1[N+](=O)[O-]. The van der Waals surface area contributed by atoms with Crippen LogP contribution in [0.25, 0.3) is 0 Å². The van der Waals surface area contributed by atoms with Gasteiger partial charge in [-0.2, -0.15) is 0 Å². The summed E-state index contributed by atoms with van der Waals surface area (Å²) in [5, 5.41) is 25.3. The number of hydrazine groups is 1. The number of nitrogens with zero attached hydrogens (tertiary/aromatic N) is 4. The first kappa shape index (κ1) is 19.9.